The summed E-state index contributed by atoms with van der Waals surface area (Å²) in [6.45, 7) is 0.718. The molecule has 2 N–H and O–H groups in total. The molecule has 0 bridgehead atoms. The molecule has 96 valence electrons. The van der Waals surface area contributed by atoms with Crippen molar-refractivity contribution in [2.24, 2.45) is 11.7 Å². The quantitative estimate of drug-likeness (QED) is 0.924. The van der Waals surface area contributed by atoms with Crippen molar-refractivity contribution in [2.45, 2.75) is 31.8 Å². The van der Waals surface area contributed by atoms with E-state index in [4.69, 9.17) is 10.5 Å². The molecule has 1 heterocycles. The molecule has 1 aliphatic rings. The van der Waals surface area contributed by atoms with E-state index in [0.29, 0.717) is 5.92 Å². The van der Waals surface area contributed by atoms with Crippen LogP contribution in [-0.2, 0) is 0 Å². The molecule has 1 aliphatic carbocycles. The Morgan fingerprint density at radius 1 is 1.28 bits per heavy atom. The van der Waals surface area contributed by atoms with Crippen LogP contribution in [-0.4, -0.2) is 17.6 Å². The molecule has 2 aromatic rings. The summed E-state index contributed by atoms with van der Waals surface area (Å²) in [6, 6.07) is 8.16. The molecule has 0 saturated heterocycles. The lowest BCUT2D eigenvalue weighted by atomic mass is 9.86. The van der Waals surface area contributed by atoms with Crippen LogP contribution < -0.4 is 10.5 Å². The second-order valence-corrected chi connectivity index (χ2v) is 5.88. The normalized spacial score (nSPS) is 24.3. The van der Waals surface area contributed by atoms with Crippen molar-refractivity contribution in [3.05, 3.63) is 24.3 Å². The molecule has 0 radical (unpaired) electrons. The van der Waals surface area contributed by atoms with Gasteiger partial charge in [0.2, 0.25) is 0 Å². The predicted molar refractivity (Wildman–Crippen MR) is 75.0 cm³/mol. The number of rotatable bonds is 3. The Labute approximate surface area is 111 Å². The van der Waals surface area contributed by atoms with Crippen LogP contribution in [0.1, 0.15) is 25.7 Å². The van der Waals surface area contributed by atoms with Gasteiger partial charge in [-0.2, -0.15) is 0 Å². The number of benzene rings is 1. The number of fused-ring (bicyclic) bond motifs is 1. The second kappa shape index (κ2) is 5.24. The van der Waals surface area contributed by atoms with Gasteiger partial charge in [0.25, 0.3) is 5.19 Å². The number of ether oxygens (including phenoxy) is 1. The number of hydrogen-bond donors (Lipinski definition) is 1. The van der Waals surface area contributed by atoms with E-state index in [-0.39, 0.29) is 6.10 Å². The number of aromatic nitrogens is 1. The second-order valence-electron chi connectivity index (χ2n) is 4.88. The summed E-state index contributed by atoms with van der Waals surface area (Å²) in [5.74, 6) is 0.491. The summed E-state index contributed by atoms with van der Waals surface area (Å²) in [6.07, 6.45) is 5.07. The molecule has 3 rings (SSSR count). The maximum Gasteiger partial charge on any atom is 0.274 e. The predicted octanol–water partition coefficient (Wildman–Crippen LogP) is 3.19. The van der Waals surface area contributed by atoms with Crippen molar-refractivity contribution >= 4 is 21.6 Å². The van der Waals surface area contributed by atoms with Gasteiger partial charge in [0.05, 0.1) is 10.2 Å². The Morgan fingerprint density at radius 2 is 2.11 bits per heavy atom. The van der Waals surface area contributed by atoms with Gasteiger partial charge < -0.3 is 10.5 Å². The first-order chi connectivity index (χ1) is 8.86. The fourth-order valence-electron chi connectivity index (χ4n) is 2.63. The van der Waals surface area contributed by atoms with Crippen LogP contribution in [0, 0.1) is 5.92 Å². The molecule has 1 aromatic carbocycles. The lowest BCUT2D eigenvalue weighted by Gasteiger charge is -2.29. The van der Waals surface area contributed by atoms with Crippen LogP contribution in [0.25, 0.3) is 10.2 Å². The molecule has 3 nitrogen and oxygen atoms in total. The van der Waals surface area contributed by atoms with Crippen LogP contribution in [0.5, 0.6) is 5.19 Å². The topological polar surface area (TPSA) is 48.1 Å². The number of hydrogen-bond acceptors (Lipinski definition) is 4. The summed E-state index contributed by atoms with van der Waals surface area (Å²) in [5, 5.41) is 0.793. The summed E-state index contributed by atoms with van der Waals surface area (Å²) in [5.41, 5.74) is 6.85. The molecule has 0 aliphatic heterocycles. The van der Waals surface area contributed by atoms with Crippen molar-refractivity contribution < 1.29 is 4.74 Å². The number of thiazole rings is 1. The minimum atomic E-state index is 0.254. The molecule has 2 atom stereocenters. The maximum absolute atomic E-state index is 6.07. The van der Waals surface area contributed by atoms with Crippen molar-refractivity contribution in [3.8, 4) is 5.19 Å². The number of nitrogens with zero attached hydrogens (tertiary/aromatic N) is 1. The van der Waals surface area contributed by atoms with E-state index in [2.05, 4.69) is 11.1 Å². The van der Waals surface area contributed by atoms with Gasteiger partial charge in [0, 0.05) is 5.92 Å². The van der Waals surface area contributed by atoms with Gasteiger partial charge in [0.1, 0.15) is 6.10 Å². The van der Waals surface area contributed by atoms with Gasteiger partial charge in [-0.25, -0.2) is 4.98 Å². The van der Waals surface area contributed by atoms with Crippen LogP contribution in [0.15, 0.2) is 24.3 Å². The lowest BCUT2D eigenvalue weighted by Crippen LogP contribution is -2.35. The van der Waals surface area contributed by atoms with E-state index in [1.54, 1.807) is 11.3 Å². The fourth-order valence-corrected chi connectivity index (χ4v) is 3.50. The summed E-state index contributed by atoms with van der Waals surface area (Å²) < 4.78 is 7.26. The third-order valence-electron chi connectivity index (χ3n) is 3.67. The van der Waals surface area contributed by atoms with E-state index in [9.17, 15) is 0 Å². The van der Waals surface area contributed by atoms with E-state index >= 15 is 0 Å². The molecular weight excluding hydrogens is 244 g/mol. The molecule has 1 aromatic heterocycles. The van der Waals surface area contributed by atoms with Crippen LogP contribution in [0.4, 0.5) is 0 Å². The van der Waals surface area contributed by atoms with Crippen molar-refractivity contribution in [2.75, 3.05) is 6.54 Å². The molecular formula is C14H18N2OS. The van der Waals surface area contributed by atoms with Crippen molar-refractivity contribution in [3.63, 3.8) is 0 Å². The first kappa shape index (κ1) is 11.9. The van der Waals surface area contributed by atoms with Gasteiger partial charge in [-0.1, -0.05) is 29.9 Å². The lowest BCUT2D eigenvalue weighted by molar-refractivity contribution is 0.0969. The monoisotopic (exact) mass is 262 g/mol. The molecule has 2 unspecified atom stereocenters. The Hall–Kier alpha value is -1.13. The number of para-hydroxylation sites is 1. The third kappa shape index (κ3) is 2.35. The third-order valence-corrected chi connectivity index (χ3v) is 4.60. The highest BCUT2D eigenvalue weighted by atomic mass is 32.1. The average Bonchev–Trinajstić information content (AvgIpc) is 2.81. The molecule has 18 heavy (non-hydrogen) atoms. The Morgan fingerprint density at radius 3 is 2.94 bits per heavy atom. The van der Waals surface area contributed by atoms with Crippen LogP contribution >= 0.6 is 11.3 Å². The fraction of sp³-hybridized carbons (Fsp3) is 0.500. The largest absolute Gasteiger partial charge is 0.466 e. The zero-order valence-corrected chi connectivity index (χ0v) is 11.2. The first-order valence-electron chi connectivity index (χ1n) is 6.59. The minimum Gasteiger partial charge on any atom is -0.466 e. The van der Waals surface area contributed by atoms with Crippen molar-refractivity contribution in [1.29, 1.82) is 0 Å². The Bertz CT molecular complexity index is 492. The zero-order chi connectivity index (χ0) is 12.4. The van der Waals surface area contributed by atoms with Gasteiger partial charge in [-0.15, -0.1) is 0 Å². The minimum absolute atomic E-state index is 0.254. The highest BCUT2D eigenvalue weighted by molar-refractivity contribution is 7.20. The Kier molecular flexibility index (Phi) is 3.48. The smallest absolute Gasteiger partial charge is 0.274 e. The zero-order valence-electron chi connectivity index (χ0n) is 10.3. The maximum atomic E-state index is 6.07. The molecule has 4 heteroatoms. The van der Waals surface area contributed by atoms with Gasteiger partial charge in [-0.05, 0) is 37.9 Å². The highest BCUT2D eigenvalue weighted by Gasteiger charge is 2.26. The van der Waals surface area contributed by atoms with E-state index in [0.717, 1.165) is 23.7 Å². The van der Waals surface area contributed by atoms with Crippen LogP contribution in [0.2, 0.25) is 0 Å². The van der Waals surface area contributed by atoms with Crippen LogP contribution in [0.3, 0.4) is 0 Å². The summed E-state index contributed by atoms with van der Waals surface area (Å²) >= 11 is 1.63. The first-order valence-corrected chi connectivity index (χ1v) is 7.41. The van der Waals surface area contributed by atoms with E-state index in [1.165, 1.54) is 24.0 Å². The molecule has 1 saturated carbocycles. The summed E-state index contributed by atoms with van der Waals surface area (Å²) in [7, 11) is 0. The molecule has 1 fully saturated rings. The van der Waals surface area contributed by atoms with Gasteiger partial charge >= 0.3 is 0 Å². The molecule has 0 spiro atoms. The van der Waals surface area contributed by atoms with Gasteiger partial charge in [-0.3, -0.25) is 0 Å². The van der Waals surface area contributed by atoms with E-state index < -0.39 is 0 Å². The number of nitrogens with two attached hydrogens (primary N) is 1. The summed E-state index contributed by atoms with van der Waals surface area (Å²) in [4.78, 5) is 4.53. The van der Waals surface area contributed by atoms with Crippen molar-refractivity contribution in [1.82, 2.24) is 4.98 Å². The SMILES string of the molecule is NCC1CCCCC1Oc1nc2ccccc2s1. The average molecular weight is 262 g/mol. The Balaban J connectivity index is 1.78. The van der Waals surface area contributed by atoms with E-state index in [1.807, 2.05) is 18.2 Å². The van der Waals surface area contributed by atoms with Gasteiger partial charge in [0.15, 0.2) is 0 Å². The highest BCUT2D eigenvalue weighted by Crippen LogP contribution is 2.32. The molecule has 0 amide bonds. The standard InChI is InChI=1S/C14H18N2OS/c15-9-10-5-1-3-7-12(10)17-14-16-11-6-2-4-8-13(11)18-14/h2,4,6,8,10,12H,1,3,5,7,9,15H2.